The Hall–Kier alpha value is -1.62. The van der Waals surface area contributed by atoms with Crippen molar-refractivity contribution < 1.29 is 24.9 Å². The summed E-state index contributed by atoms with van der Waals surface area (Å²) in [5.74, 6) is -2.84. The third-order valence-corrected chi connectivity index (χ3v) is 2.72. The van der Waals surface area contributed by atoms with Crippen LogP contribution in [0, 0.1) is 0 Å². The van der Waals surface area contributed by atoms with Gasteiger partial charge in [-0.3, -0.25) is 4.79 Å². The van der Waals surface area contributed by atoms with E-state index in [2.05, 4.69) is 6.08 Å². The third-order valence-electron chi connectivity index (χ3n) is 2.72. The fourth-order valence-electron chi connectivity index (χ4n) is 1.52. The van der Waals surface area contributed by atoms with Gasteiger partial charge in [0.2, 0.25) is 0 Å². The molecule has 3 N–H and O–H groups in total. The van der Waals surface area contributed by atoms with E-state index in [1.807, 2.05) is 20.8 Å². The largest absolute Gasteiger partial charge is 0.481 e. The summed E-state index contributed by atoms with van der Waals surface area (Å²) >= 11 is 0. The van der Waals surface area contributed by atoms with Gasteiger partial charge in [0.25, 0.3) is 0 Å². The van der Waals surface area contributed by atoms with E-state index in [-0.39, 0.29) is 6.42 Å². The van der Waals surface area contributed by atoms with Crippen molar-refractivity contribution in [2.75, 3.05) is 0 Å². The zero-order valence-electron chi connectivity index (χ0n) is 11.6. The molecule has 0 rings (SSSR count). The maximum absolute atomic E-state index is 10.9. The van der Waals surface area contributed by atoms with Crippen molar-refractivity contribution in [2.45, 2.75) is 52.1 Å². The fraction of sp³-hybridized carbons (Fsp3) is 0.571. The summed E-state index contributed by atoms with van der Waals surface area (Å²) in [6, 6.07) is 0. The molecule has 0 aromatic heterocycles. The molecule has 0 fully saturated rings. The third kappa shape index (κ3) is 7.41. The van der Waals surface area contributed by atoms with Crippen molar-refractivity contribution in [3.8, 4) is 0 Å². The molecule has 0 aromatic rings. The van der Waals surface area contributed by atoms with Gasteiger partial charge in [-0.05, 0) is 33.6 Å². The minimum Gasteiger partial charge on any atom is -0.481 e. The van der Waals surface area contributed by atoms with Gasteiger partial charge in [0.1, 0.15) is 0 Å². The summed E-state index contributed by atoms with van der Waals surface area (Å²) in [5.41, 5.74) is -0.0906. The Labute approximate surface area is 113 Å². The van der Waals surface area contributed by atoms with Gasteiger partial charge in [-0.1, -0.05) is 23.3 Å². The highest BCUT2D eigenvalue weighted by Gasteiger charge is 2.37. The van der Waals surface area contributed by atoms with Gasteiger partial charge in [-0.25, -0.2) is 4.79 Å². The Morgan fingerprint density at radius 1 is 1.11 bits per heavy atom. The summed E-state index contributed by atoms with van der Waals surface area (Å²) < 4.78 is 0. The molecule has 0 spiro atoms. The van der Waals surface area contributed by atoms with Crippen LogP contribution in [-0.4, -0.2) is 32.9 Å². The number of rotatable bonds is 8. The lowest BCUT2D eigenvalue weighted by Crippen LogP contribution is -2.40. The highest BCUT2D eigenvalue weighted by Crippen LogP contribution is 2.19. The summed E-state index contributed by atoms with van der Waals surface area (Å²) in [7, 11) is 0. The quantitative estimate of drug-likeness (QED) is 0.588. The molecule has 0 saturated heterocycles. The van der Waals surface area contributed by atoms with E-state index < -0.39 is 24.0 Å². The van der Waals surface area contributed by atoms with Crippen molar-refractivity contribution >= 4 is 11.9 Å². The molecule has 0 aliphatic carbocycles. The second-order valence-corrected chi connectivity index (χ2v) is 4.98. The second-order valence-electron chi connectivity index (χ2n) is 4.98. The van der Waals surface area contributed by atoms with Crippen LogP contribution < -0.4 is 0 Å². The van der Waals surface area contributed by atoms with Gasteiger partial charge in [0.05, 0.1) is 6.42 Å². The van der Waals surface area contributed by atoms with Gasteiger partial charge in [0, 0.05) is 6.42 Å². The van der Waals surface area contributed by atoms with Gasteiger partial charge in [-0.2, -0.15) is 0 Å². The van der Waals surface area contributed by atoms with Crippen LogP contribution in [0.4, 0.5) is 0 Å². The minimum atomic E-state index is -2.23. The zero-order valence-corrected chi connectivity index (χ0v) is 11.6. The molecular formula is C14H22O5. The monoisotopic (exact) mass is 270 g/mol. The number of aliphatic hydroxyl groups is 1. The summed E-state index contributed by atoms with van der Waals surface area (Å²) in [6.45, 7) is 5.83. The van der Waals surface area contributed by atoms with Gasteiger partial charge < -0.3 is 15.3 Å². The number of carboxylic acids is 2. The average Bonchev–Trinajstić information content (AvgIpc) is 2.24. The highest BCUT2D eigenvalue weighted by atomic mass is 16.4. The van der Waals surface area contributed by atoms with Crippen molar-refractivity contribution in [1.29, 1.82) is 0 Å². The Balaban J connectivity index is 4.57. The van der Waals surface area contributed by atoms with Gasteiger partial charge >= 0.3 is 11.9 Å². The highest BCUT2D eigenvalue weighted by molar-refractivity contribution is 5.83. The van der Waals surface area contributed by atoms with Gasteiger partial charge in [0.15, 0.2) is 5.60 Å². The van der Waals surface area contributed by atoms with Crippen LogP contribution >= 0.6 is 0 Å². The molecule has 0 bridgehead atoms. The topological polar surface area (TPSA) is 94.8 Å². The molecule has 1 unspecified atom stereocenters. The number of hydrogen-bond donors (Lipinski definition) is 3. The van der Waals surface area contributed by atoms with E-state index in [4.69, 9.17) is 10.2 Å². The minimum absolute atomic E-state index is 0.199. The average molecular weight is 270 g/mol. The number of allylic oxidation sites excluding steroid dienone is 3. The van der Waals surface area contributed by atoms with E-state index in [9.17, 15) is 14.7 Å². The fourth-order valence-corrected chi connectivity index (χ4v) is 1.52. The van der Waals surface area contributed by atoms with Crippen LogP contribution in [0.25, 0.3) is 0 Å². The van der Waals surface area contributed by atoms with E-state index >= 15 is 0 Å². The van der Waals surface area contributed by atoms with E-state index in [0.29, 0.717) is 0 Å². The van der Waals surface area contributed by atoms with Crippen LogP contribution in [0.3, 0.4) is 0 Å². The maximum Gasteiger partial charge on any atom is 0.336 e. The molecule has 0 amide bonds. The van der Waals surface area contributed by atoms with Crippen molar-refractivity contribution in [1.82, 2.24) is 0 Å². The molecule has 108 valence electrons. The normalized spacial score (nSPS) is 14.6. The van der Waals surface area contributed by atoms with Crippen LogP contribution in [0.1, 0.15) is 46.5 Å². The molecule has 0 saturated carbocycles. The Morgan fingerprint density at radius 2 is 1.68 bits per heavy atom. The standard InChI is InChI=1S/C14H22O5/c1-10(2)5-4-6-11(3)7-8-14(19,13(17)18)9-12(15)16/h5,7,19H,4,6,8-9H2,1-3H3,(H,15,16)(H,17,18). The van der Waals surface area contributed by atoms with Crippen LogP contribution in [0.5, 0.6) is 0 Å². The molecule has 0 aromatic carbocycles. The Kier molecular flexibility index (Phi) is 7.08. The Morgan fingerprint density at radius 3 is 2.11 bits per heavy atom. The lowest BCUT2D eigenvalue weighted by atomic mass is 9.94. The second kappa shape index (κ2) is 7.74. The maximum atomic E-state index is 10.9. The molecular weight excluding hydrogens is 248 g/mol. The number of carboxylic acid groups (broad SMARTS) is 2. The van der Waals surface area contributed by atoms with E-state index in [0.717, 1.165) is 18.4 Å². The number of aliphatic carboxylic acids is 2. The molecule has 0 heterocycles. The smallest absolute Gasteiger partial charge is 0.336 e. The predicted molar refractivity (Wildman–Crippen MR) is 71.9 cm³/mol. The number of carbonyl (C=O) groups is 2. The first kappa shape index (κ1) is 17.4. The Bertz CT molecular complexity index is 391. The predicted octanol–water partition coefficient (Wildman–Crippen LogP) is 2.36. The van der Waals surface area contributed by atoms with Gasteiger partial charge in [-0.15, -0.1) is 0 Å². The SMILES string of the molecule is CC(C)=CCCC(C)=CCC(O)(CC(=O)O)C(=O)O. The van der Waals surface area contributed by atoms with Crippen LogP contribution in [-0.2, 0) is 9.59 Å². The first-order chi connectivity index (χ1) is 8.67. The molecule has 0 aliphatic rings. The van der Waals surface area contributed by atoms with Crippen molar-refractivity contribution in [3.63, 3.8) is 0 Å². The van der Waals surface area contributed by atoms with Crippen LogP contribution in [0.2, 0.25) is 0 Å². The van der Waals surface area contributed by atoms with Crippen molar-refractivity contribution in [2.24, 2.45) is 0 Å². The van der Waals surface area contributed by atoms with E-state index in [1.54, 1.807) is 6.08 Å². The first-order valence-corrected chi connectivity index (χ1v) is 6.14. The summed E-state index contributed by atoms with van der Waals surface area (Å²) in [4.78, 5) is 21.5. The van der Waals surface area contributed by atoms with E-state index in [1.165, 1.54) is 5.57 Å². The van der Waals surface area contributed by atoms with Crippen LogP contribution in [0.15, 0.2) is 23.3 Å². The molecule has 19 heavy (non-hydrogen) atoms. The lowest BCUT2D eigenvalue weighted by Gasteiger charge is -2.19. The first-order valence-electron chi connectivity index (χ1n) is 6.14. The summed E-state index contributed by atoms with van der Waals surface area (Å²) in [5, 5.41) is 27.3. The molecule has 5 heteroatoms. The summed E-state index contributed by atoms with van der Waals surface area (Å²) in [6.07, 6.45) is 4.26. The van der Waals surface area contributed by atoms with Crippen molar-refractivity contribution in [3.05, 3.63) is 23.3 Å². The molecule has 1 atom stereocenters. The molecule has 0 aliphatic heterocycles. The lowest BCUT2D eigenvalue weighted by molar-refractivity contribution is -0.164. The number of hydrogen-bond acceptors (Lipinski definition) is 3. The molecule has 5 nitrogen and oxygen atoms in total. The zero-order chi connectivity index (χ0) is 15.1. The molecule has 0 radical (unpaired) electrons.